The Kier molecular flexibility index (Phi) is 42.2. The van der Waals surface area contributed by atoms with Crippen LogP contribution in [-0.4, -0.2) is 46.9 Å². The van der Waals surface area contributed by atoms with E-state index >= 15 is 0 Å². The normalized spacial score (nSPS) is 13.7. The molecule has 0 spiro atoms. The third-order valence-corrected chi connectivity index (χ3v) is 10.8. The maximum atomic E-state index is 13.1. The van der Waals surface area contributed by atoms with Crippen LogP contribution in [0.25, 0.3) is 0 Å². The Morgan fingerprint density at radius 2 is 0.911 bits per heavy atom. The van der Waals surface area contributed by atoms with Crippen LogP contribution in [0.3, 0.4) is 0 Å². The number of aliphatic hydroxyl groups is 2. The highest BCUT2D eigenvalue weighted by atomic mass is 16.5. The van der Waals surface area contributed by atoms with E-state index < -0.39 is 18.2 Å². The highest BCUT2D eigenvalue weighted by Gasteiger charge is 2.24. The van der Waals surface area contributed by atoms with Gasteiger partial charge in [-0.2, -0.15) is 0 Å². The first-order valence-electron chi connectivity index (χ1n) is 23.9. The van der Waals surface area contributed by atoms with Gasteiger partial charge in [0.25, 0.3) is 0 Å². The molecule has 0 heterocycles. The summed E-state index contributed by atoms with van der Waals surface area (Å²) in [5, 5.41) is 23.6. The van der Waals surface area contributed by atoms with Gasteiger partial charge in [0, 0.05) is 6.42 Å². The first kappa shape index (κ1) is 53.8. The van der Waals surface area contributed by atoms with Crippen molar-refractivity contribution in [1.29, 1.82) is 0 Å². The third-order valence-electron chi connectivity index (χ3n) is 10.8. The van der Waals surface area contributed by atoms with Crippen LogP contribution in [0.5, 0.6) is 0 Å². The zero-order valence-corrected chi connectivity index (χ0v) is 37.0. The van der Waals surface area contributed by atoms with Crippen molar-refractivity contribution in [2.75, 3.05) is 6.61 Å². The highest BCUT2D eigenvalue weighted by Crippen LogP contribution is 2.17. The lowest BCUT2D eigenvalue weighted by molar-refractivity contribution is -0.151. The second-order valence-electron chi connectivity index (χ2n) is 16.3. The molecular formula is C50H91NO5. The van der Waals surface area contributed by atoms with E-state index in [1.165, 1.54) is 103 Å². The van der Waals surface area contributed by atoms with E-state index in [4.69, 9.17) is 4.74 Å². The average Bonchev–Trinajstić information content (AvgIpc) is 3.19. The first-order valence-corrected chi connectivity index (χ1v) is 23.9. The number of esters is 1. The summed E-state index contributed by atoms with van der Waals surface area (Å²) >= 11 is 0. The molecular weight excluding hydrogens is 695 g/mol. The quantitative estimate of drug-likeness (QED) is 0.0325. The van der Waals surface area contributed by atoms with Gasteiger partial charge in [-0.15, -0.1) is 0 Å². The van der Waals surface area contributed by atoms with E-state index in [-0.39, 0.29) is 24.9 Å². The number of hydrogen-bond donors (Lipinski definition) is 3. The van der Waals surface area contributed by atoms with Crippen LogP contribution in [0.15, 0.2) is 48.6 Å². The van der Waals surface area contributed by atoms with Gasteiger partial charge in [-0.25, -0.2) is 0 Å². The maximum Gasteiger partial charge on any atom is 0.306 e. The van der Waals surface area contributed by atoms with Crippen molar-refractivity contribution in [2.45, 2.75) is 251 Å². The molecule has 6 nitrogen and oxygen atoms in total. The van der Waals surface area contributed by atoms with Gasteiger partial charge < -0.3 is 20.3 Å². The molecule has 0 saturated carbocycles. The van der Waals surface area contributed by atoms with Crippen molar-refractivity contribution in [3.05, 3.63) is 48.6 Å². The van der Waals surface area contributed by atoms with Crippen LogP contribution in [0.4, 0.5) is 0 Å². The summed E-state index contributed by atoms with van der Waals surface area (Å²) in [5.41, 5.74) is 0. The number of ether oxygens (including phenoxy) is 1. The molecule has 6 heteroatoms. The van der Waals surface area contributed by atoms with E-state index in [9.17, 15) is 19.8 Å². The number of unbranched alkanes of at least 4 members (excludes halogenated alkanes) is 25. The SMILES string of the molecule is CCCCC/C=C/C=C/C=C/C=C/CCCCCCCC(=O)OC(CCCCCCCCCCC)CC(=O)NC(CO)C(O)CCCCCCCCCCCC. The van der Waals surface area contributed by atoms with Crippen molar-refractivity contribution in [1.82, 2.24) is 5.32 Å². The molecule has 56 heavy (non-hydrogen) atoms. The zero-order valence-electron chi connectivity index (χ0n) is 37.0. The van der Waals surface area contributed by atoms with Gasteiger partial charge >= 0.3 is 5.97 Å². The Bertz CT molecular complexity index is 972. The van der Waals surface area contributed by atoms with Gasteiger partial charge in [0.1, 0.15) is 6.10 Å². The van der Waals surface area contributed by atoms with Crippen LogP contribution in [0.1, 0.15) is 233 Å². The number of aliphatic hydroxyl groups excluding tert-OH is 2. The average molecular weight is 786 g/mol. The topological polar surface area (TPSA) is 95.9 Å². The molecule has 3 unspecified atom stereocenters. The van der Waals surface area contributed by atoms with Crippen LogP contribution in [0.2, 0.25) is 0 Å². The molecule has 0 aromatic heterocycles. The summed E-state index contributed by atoms with van der Waals surface area (Å²) in [6, 6.07) is -0.702. The predicted molar refractivity (Wildman–Crippen MR) is 241 cm³/mol. The Labute approximate surface area is 346 Å². The Hall–Kier alpha value is -2.18. The molecule has 0 fully saturated rings. The number of hydrogen-bond acceptors (Lipinski definition) is 5. The van der Waals surface area contributed by atoms with E-state index in [0.29, 0.717) is 19.3 Å². The van der Waals surface area contributed by atoms with E-state index in [1.807, 2.05) is 0 Å². The lowest BCUT2D eigenvalue weighted by atomic mass is 10.0. The Morgan fingerprint density at radius 3 is 1.41 bits per heavy atom. The van der Waals surface area contributed by atoms with Gasteiger partial charge in [-0.05, 0) is 51.4 Å². The molecule has 0 saturated heterocycles. The second-order valence-corrected chi connectivity index (χ2v) is 16.3. The Morgan fingerprint density at radius 1 is 0.518 bits per heavy atom. The highest BCUT2D eigenvalue weighted by molar-refractivity contribution is 5.77. The number of carbonyl (C=O) groups excluding carboxylic acids is 2. The molecule has 1 amide bonds. The van der Waals surface area contributed by atoms with E-state index in [1.54, 1.807) is 0 Å². The monoisotopic (exact) mass is 786 g/mol. The molecule has 0 bridgehead atoms. The largest absolute Gasteiger partial charge is 0.462 e. The second kappa shape index (κ2) is 43.9. The number of carbonyl (C=O) groups is 2. The summed E-state index contributed by atoms with van der Waals surface area (Å²) in [4.78, 5) is 26.0. The van der Waals surface area contributed by atoms with Crippen molar-refractivity contribution in [2.24, 2.45) is 0 Å². The maximum absolute atomic E-state index is 13.1. The molecule has 0 radical (unpaired) electrons. The van der Waals surface area contributed by atoms with Crippen LogP contribution >= 0.6 is 0 Å². The van der Waals surface area contributed by atoms with Gasteiger partial charge in [0.2, 0.25) is 5.91 Å². The minimum atomic E-state index is -0.788. The smallest absolute Gasteiger partial charge is 0.306 e. The van der Waals surface area contributed by atoms with Crippen molar-refractivity contribution < 1.29 is 24.5 Å². The standard InChI is InChI=1S/C50H91NO5/c1-4-7-10-13-16-19-21-22-23-24-25-26-27-28-31-34-37-40-43-50(55)56-46(41-38-35-32-29-18-15-12-9-6-3)44-49(54)51-47(45-52)48(53)42-39-36-33-30-20-17-14-11-8-5-2/h16,19,21-26,46-48,52-53H,4-15,17-18,20,27-45H2,1-3H3,(H,51,54)/b19-16+,22-21+,24-23+,26-25+. The van der Waals surface area contributed by atoms with Crippen molar-refractivity contribution >= 4 is 11.9 Å². The fourth-order valence-corrected chi connectivity index (χ4v) is 7.09. The summed E-state index contributed by atoms with van der Waals surface area (Å²) in [6.45, 7) is 6.41. The van der Waals surface area contributed by atoms with Gasteiger partial charge in [0.15, 0.2) is 0 Å². The van der Waals surface area contributed by atoms with Crippen LogP contribution in [-0.2, 0) is 14.3 Å². The lowest BCUT2D eigenvalue weighted by Gasteiger charge is -2.24. The van der Waals surface area contributed by atoms with Gasteiger partial charge in [-0.1, -0.05) is 217 Å². The van der Waals surface area contributed by atoms with E-state index in [2.05, 4.69) is 74.7 Å². The van der Waals surface area contributed by atoms with Crippen molar-refractivity contribution in [3.8, 4) is 0 Å². The minimum absolute atomic E-state index is 0.0688. The number of nitrogens with one attached hydrogen (secondary N) is 1. The minimum Gasteiger partial charge on any atom is -0.462 e. The number of rotatable bonds is 42. The van der Waals surface area contributed by atoms with Crippen LogP contribution < -0.4 is 5.32 Å². The summed E-state index contributed by atoms with van der Waals surface area (Å²) < 4.78 is 5.89. The number of allylic oxidation sites excluding steroid dienone is 8. The lowest BCUT2D eigenvalue weighted by Crippen LogP contribution is -2.46. The predicted octanol–water partition coefficient (Wildman–Crippen LogP) is 13.9. The van der Waals surface area contributed by atoms with Crippen molar-refractivity contribution in [3.63, 3.8) is 0 Å². The molecule has 0 aromatic rings. The zero-order chi connectivity index (χ0) is 41.0. The molecule has 0 rings (SSSR count). The summed E-state index contributed by atoms with van der Waals surface area (Å²) in [7, 11) is 0. The molecule has 3 atom stereocenters. The fraction of sp³-hybridized carbons (Fsp3) is 0.800. The Balaban J connectivity index is 4.54. The summed E-state index contributed by atoms with van der Waals surface area (Å²) in [6.07, 6.45) is 51.7. The van der Waals surface area contributed by atoms with Gasteiger partial charge in [0.05, 0.1) is 25.2 Å². The van der Waals surface area contributed by atoms with E-state index in [0.717, 1.165) is 83.5 Å². The van der Waals surface area contributed by atoms with Gasteiger partial charge in [-0.3, -0.25) is 9.59 Å². The first-order chi connectivity index (χ1) is 27.5. The molecule has 3 N–H and O–H groups in total. The number of amides is 1. The molecule has 0 aliphatic rings. The molecule has 0 aromatic carbocycles. The molecule has 0 aliphatic carbocycles. The molecule has 326 valence electrons. The third kappa shape index (κ3) is 38.7. The summed E-state index contributed by atoms with van der Waals surface area (Å²) in [5.74, 6) is -0.500. The fourth-order valence-electron chi connectivity index (χ4n) is 7.09. The van der Waals surface area contributed by atoms with Crippen LogP contribution in [0, 0.1) is 0 Å². The molecule has 0 aliphatic heterocycles.